The lowest BCUT2D eigenvalue weighted by atomic mass is 10.0. The Morgan fingerprint density at radius 3 is 2.62 bits per heavy atom. The van der Waals surface area contributed by atoms with Crippen LogP contribution < -0.4 is 4.90 Å². The summed E-state index contributed by atoms with van der Waals surface area (Å²) in [5.41, 5.74) is 4.96. The van der Waals surface area contributed by atoms with Crippen LogP contribution in [-0.2, 0) is 13.0 Å². The number of nitrogens with zero attached hydrogens (tertiary/aromatic N) is 5. The van der Waals surface area contributed by atoms with Gasteiger partial charge in [0.1, 0.15) is 5.69 Å². The second-order valence-electron chi connectivity index (χ2n) is 6.22. The van der Waals surface area contributed by atoms with E-state index in [9.17, 15) is 10.1 Å². The maximum absolute atomic E-state index is 10.8. The van der Waals surface area contributed by atoms with Gasteiger partial charge in [0, 0.05) is 54.8 Å². The Labute approximate surface area is 150 Å². The summed E-state index contributed by atoms with van der Waals surface area (Å²) in [4.78, 5) is 26.3. The molecule has 3 heterocycles. The fourth-order valence-corrected chi connectivity index (χ4v) is 3.19. The van der Waals surface area contributed by atoms with Crippen LogP contribution in [0.4, 0.5) is 11.4 Å². The molecule has 0 saturated carbocycles. The number of aryl methyl sites for hydroxylation is 1. The van der Waals surface area contributed by atoms with Gasteiger partial charge in [0.15, 0.2) is 5.82 Å². The van der Waals surface area contributed by atoms with E-state index in [0.717, 1.165) is 41.3 Å². The molecule has 0 fully saturated rings. The number of aromatic nitrogens is 3. The predicted molar refractivity (Wildman–Crippen MR) is 97.9 cm³/mol. The Morgan fingerprint density at radius 1 is 1.12 bits per heavy atom. The smallest absolute Gasteiger partial charge is 0.269 e. The maximum Gasteiger partial charge on any atom is 0.269 e. The van der Waals surface area contributed by atoms with Crippen molar-refractivity contribution in [1.82, 2.24) is 15.0 Å². The van der Waals surface area contributed by atoms with Crippen LogP contribution in [0.5, 0.6) is 0 Å². The van der Waals surface area contributed by atoms with Gasteiger partial charge in [0.25, 0.3) is 5.69 Å². The first-order chi connectivity index (χ1) is 12.6. The highest BCUT2D eigenvalue weighted by Gasteiger charge is 2.22. The van der Waals surface area contributed by atoms with Gasteiger partial charge in [-0.1, -0.05) is 6.07 Å². The first-order valence-corrected chi connectivity index (χ1v) is 8.39. The normalized spacial score (nSPS) is 13.3. The van der Waals surface area contributed by atoms with Crippen molar-refractivity contribution in [2.45, 2.75) is 19.9 Å². The third-order valence-electron chi connectivity index (χ3n) is 4.59. The highest BCUT2D eigenvalue weighted by Crippen LogP contribution is 2.27. The van der Waals surface area contributed by atoms with E-state index < -0.39 is 0 Å². The highest BCUT2D eigenvalue weighted by molar-refractivity contribution is 5.55. The Bertz CT molecular complexity index is 958. The van der Waals surface area contributed by atoms with Crippen molar-refractivity contribution in [2.75, 3.05) is 11.4 Å². The molecule has 2 aromatic heterocycles. The van der Waals surface area contributed by atoms with Gasteiger partial charge < -0.3 is 4.90 Å². The molecule has 0 saturated heterocycles. The molecule has 4 rings (SSSR count). The molecule has 1 aliphatic heterocycles. The largest absolute Gasteiger partial charge is 0.367 e. The molecule has 0 bridgehead atoms. The number of fused-ring (bicyclic) bond motifs is 1. The summed E-state index contributed by atoms with van der Waals surface area (Å²) in [6, 6.07) is 12.4. The minimum Gasteiger partial charge on any atom is -0.367 e. The fourth-order valence-electron chi connectivity index (χ4n) is 3.19. The quantitative estimate of drug-likeness (QED) is 0.534. The number of hydrogen-bond donors (Lipinski definition) is 0. The third kappa shape index (κ3) is 2.99. The van der Waals surface area contributed by atoms with Crippen molar-refractivity contribution in [1.29, 1.82) is 0 Å². The number of rotatable bonds is 3. The van der Waals surface area contributed by atoms with Crippen LogP contribution in [0.3, 0.4) is 0 Å². The molecule has 0 N–H and O–H groups in total. The van der Waals surface area contributed by atoms with Gasteiger partial charge in [-0.3, -0.25) is 15.1 Å². The topological polar surface area (TPSA) is 85.0 Å². The lowest BCUT2D eigenvalue weighted by molar-refractivity contribution is -0.384. The molecule has 3 aromatic rings. The monoisotopic (exact) mass is 347 g/mol. The number of benzene rings is 1. The maximum atomic E-state index is 10.8. The summed E-state index contributed by atoms with van der Waals surface area (Å²) in [5.74, 6) is 0.658. The molecule has 0 aliphatic carbocycles. The Balaban J connectivity index is 1.62. The Kier molecular flexibility index (Phi) is 4.04. The molecule has 0 unspecified atom stereocenters. The zero-order chi connectivity index (χ0) is 18.1. The standard InChI is InChI=1S/C19H17N5O2/c1-13-16-12-23(14-5-7-15(8-6-14)24(25)26)11-9-17(16)22-19(21-13)18-4-2-3-10-20-18/h2-8,10H,9,11-12H2,1H3. The molecular weight excluding hydrogens is 330 g/mol. The van der Waals surface area contributed by atoms with E-state index in [4.69, 9.17) is 4.98 Å². The molecular formula is C19H17N5O2. The molecule has 26 heavy (non-hydrogen) atoms. The first-order valence-electron chi connectivity index (χ1n) is 8.39. The molecule has 7 nitrogen and oxygen atoms in total. The van der Waals surface area contributed by atoms with Crippen LogP contribution in [0, 0.1) is 17.0 Å². The van der Waals surface area contributed by atoms with Gasteiger partial charge >= 0.3 is 0 Å². The predicted octanol–water partition coefficient (Wildman–Crippen LogP) is 3.32. The molecule has 0 atom stereocenters. The summed E-state index contributed by atoms with van der Waals surface area (Å²) >= 11 is 0. The number of hydrogen-bond acceptors (Lipinski definition) is 6. The number of nitro benzene ring substituents is 1. The van der Waals surface area contributed by atoms with E-state index in [1.165, 1.54) is 0 Å². The lowest BCUT2D eigenvalue weighted by Crippen LogP contribution is -2.32. The summed E-state index contributed by atoms with van der Waals surface area (Å²) < 4.78 is 0. The minimum atomic E-state index is -0.383. The van der Waals surface area contributed by atoms with E-state index in [1.807, 2.05) is 25.1 Å². The van der Waals surface area contributed by atoms with Crippen molar-refractivity contribution in [3.05, 3.63) is 75.7 Å². The number of nitro groups is 1. The number of pyridine rings is 1. The van der Waals surface area contributed by atoms with Gasteiger partial charge in [0.05, 0.1) is 10.6 Å². The fraction of sp³-hybridized carbons (Fsp3) is 0.211. The summed E-state index contributed by atoms with van der Waals surface area (Å²) in [6.45, 7) is 3.50. The average Bonchev–Trinajstić information content (AvgIpc) is 2.68. The lowest BCUT2D eigenvalue weighted by Gasteiger charge is -2.31. The van der Waals surface area contributed by atoms with Crippen LogP contribution in [0.15, 0.2) is 48.7 Å². The van der Waals surface area contributed by atoms with Crippen LogP contribution in [-0.4, -0.2) is 26.4 Å². The zero-order valence-corrected chi connectivity index (χ0v) is 14.3. The third-order valence-corrected chi connectivity index (χ3v) is 4.59. The van der Waals surface area contributed by atoms with E-state index in [2.05, 4.69) is 14.9 Å². The van der Waals surface area contributed by atoms with E-state index in [-0.39, 0.29) is 10.6 Å². The van der Waals surface area contributed by atoms with E-state index >= 15 is 0 Å². The van der Waals surface area contributed by atoms with E-state index in [1.54, 1.807) is 30.5 Å². The SMILES string of the molecule is Cc1nc(-c2ccccn2)nc2c1CN(c1ccc([N+](=O)[O-])cc1)CC2. The van der Waals surface area contributed by atoms with Gasteiger partial charge in [-0.2, -0.15) is 0 Å². The van der Waals surface area contributed by atoms with Crippen molar-refractivity contribution >= 4 is 11.4 Å². The Hall–Kier alpha value is -3.35. The van der Waals surface area contributed by atoms with Crippen molar-refractivity contribution in [3.8, 4) is 11.5 Å². The summed E-state index contributed by atoms with van der Waals surface area (Å²) in [5, 5.41) is 10.8. The second-order valence-corrected chi connectivity index (χ2v) is 6.22. The van der Waals surface area contributed by atoms with Crippen molar-refractivity contribution in [2.24, 2.45) is 0 Å². The summed E-state index contributed by atoms with van der Waals surface area (Å²) in [6.07, 6.45) is 2.54. The second kappa shape index (κ2) is 6.51. The Morgan fingerprint density at radius 2 is 1.92 bits per heavy atom. The van der Waals surface area contributed by atoms with Crippen molar-refractivity contribution < 1.29 is 4.92 Å². The van der Waals surface area contributed by atoms with Crippen LogP contribution >= 0.6 is 0 Å². The van der Waals surface area contributed by atoms with Crippen LogP contribution in [0.25, 0.3) is 11.5 Å². The van der Waals surface area contributed by atoms with Crippen molar-refractivity contribution in [3.63, 3.8) is 0 Å². The minimum absolute atomic E-state index is 0.102. The van der Waals surface area contributed by atoms with Gasteiger partial charge in [-0.25, -0.2) is 9.97 Å². The van der Waals surface area contributed by atoms with E-state index in [0.29, 0.717) is 12.4 Å². The van der Waals surface area contributed by atoms with Gasteiger partial charge in [-0.15, -0.1) is 0 Å². The molecule has 0 spiro atoms. The van der Waals surface area contributed by atoms with Crippen LogP contribution in [0.2, 0.25) is 0 Å². The molecule has 130 valence electrons. The van der Waals surface area contributed by atoms with Gasteiger partial charge in [-0.05, 0) is 31.2 Å². The number of non-ortho nitro benzene ring substituents is 1. The average molecular weight is 347 g/mol. The molecule has 1 aromatic carbocycles. The van der Waals surface area contributed by atoms with Crippen LogP contribution in [0.1, 0.15) is 17.0 Å². The molecule has 1 aliphatic rings. The summed E-state index contributed by atoms with van der Waals surface area (Å²) in [7, 11) is 0. The zero-order valence-electron chi connectivity index (χ0n) is 14.3. The highest BCUT2D eigenvalue weighted by atomic mass is 16.6. The molecule has 0 radical (unpaired) electrons. The molecule has 7 heteroatoms. The van der Waals surface area contributed by atoms with Gasteiger partial charge in [0.2, 0.25) is 0 Å². The number of anilines is 1. The first kappa shape index (κ1) is 16.1. The molecule has 0 amide bonds.